The van der Waals surface area contributed by atoms with Crippen LogP contribution in [0.2, 0.25) is 0 Å². The van der Waals surface area contributed by atoms with Crippen LogP contribution in [0.25, 0.3) is 11.0 Å². The molecule has 0 aliphatic heterocycles. The topological polar surface area (TPSA) is 58.4 Å². The van der Waals surface area contributed by atoms with Crippen LogP contribution in [0.1, 0.15) is 23.6 Å². The van der Waals surface area contributed by atoms with E-state index in [2.05, 4.69) is 29.4 Å². The van der Waals surface area contributed by atoms with Crippen molar-refractivity contribution < 1.29 is 9.21 Å². The van der Waals surface area contributed by atoms with E-state index in [1.165, 1.54) is 5.56 Å². The van der Waals surface area contributed by atoms with Gasteiger partial charge in [-0.15, -0.1) is 0 Å². The Morgan fingerprint density at radius 3 is 2.84 bits per heavy atom. The molecule has 130 valence electrons. The van der Waals surface area contributed by atoms with Crippen molar-refractivity contribution in [1.82, 2.24) is 10.3 Å². The Bertz CT molecular complexity index is 884. The molecule has 3 aromatic rings. The van der Waals surface area contributed by atoms with Gasteiger partial charge in [-0.2, -0.15) is 0 Å². The average molecular weight is 337 g/mol. The smallest absolute Gasteiger partial charge is 0.224 e. The molecule has 0 spiro atoms. The van der Waals surface area contributed by atoms with Gasteiger partial charge in [0.15, 0.2) is 0 Å². The molecule has 0 bridgehead atoms. The Labute approximate surface area is 147 Å². The van der Waals surface area contributed by atoms with Gasteiger partial charge in [0.25, 0.3) is 0 Å². The predicted molar refractivity (Wildman–Crippen MR) is 99.7 cm³/mol. The highest BCUT2D eigenvalue weighted by Crippen LogP contribution is 2.23. The first kappa shape index (κ1) is 17.0. The second kappa shape index (κ2) is 7.38. The summed E-state index contributed by atoms with van der Waals surface area (Å²) in [6.45, 7) is 2.57. The number of aromatic nitrogens is 1. The number of fused-ring (bicyclic) bond motifs is 1. The van der Waals surface area contributed by atoms with Crippen molar-refractivity contribution in [1.29, 1.82) is 0 Å². The van der Waals surface area contributed by atoms with Crippen LogP contribution in [-0.4, -0.2) is 25.0 Å². The quantitative estimate of drug-likeness (QED) is 0.750. The number of rotatable bonds is 6. The van der Waals surface area contributed by atoms with E-state index in [1.807, 2.05) is 37.2 Å². The zero-order valence-electron chi connectivity index (χ0n) is 14.9. The third-order valence-electron chi connectivity index (χ3n) is 4.24. The number of nitrogens with zero attached hydrogens (tertiary/aromatic N) is 2. The van der Waals surface area contributed by atoms with Crippen molar-refractivity contribution in [3.63, 3.8) is 0 Å². The molecule has 1 N–H and O–H groups in total. The maximum absolute atomic E-state index is 12.4. The minimum Gasteiger partial charge on any atom is -0.464 e. The second-order valence-electron chi connectivity index (χ2n) is 6.28. The average Bonchev–Trinajstić information content (AvgIpc) is 3.02. The molecular weight excluding hydrogens is 314 g/mol. The lowest BCUT2D eigenvalue weighted by Gasteiger charge is -2.16. The molecule has 3 rings (SSSR count). The molecule has 2 aromatic heterocycles. The lowest BCUT2D eigenvalue weighted by Crippen LogP contribution is -2.26. The highest BCUT2D eigenvalue weighted by molar-refractivity contribution is 5.88. The zero-order chi connectivity index (χ0) is 17.8. The predicted octanol–water partition coefficient (Wildman–Crippen LogP) is 3.32. The molecule has 0 aliphatic rings. The van der Waals surface area contributed by atoms with Crippen LogP contribution in [0.4, 0.5) is 5.82 Å². The molecular formula is C20H23N3O2. The largest absolute Gasteiger partial charge is 0.464 e. The first-order chi connectivity index (χ1) is 12.1. The Morgan fingerprint density at radius 2 is 2.08 bits per heavy atom. The summed E-state index contributed by atoms with van der Waals surface area (Å²) >= 11 is 0. The molecule has 0 fully saturated rings. The summed E-state index contributed by atoms with van der Waals surface area (Å²) in [5.41, 5.74) is 3.97. The molecule has 1 aromatic carbocycles. The fourth-order valence-corrected chi connectivity index (χ4v) is 2.89. The van der Waals surface area contributed by atoms with Crippen LogP contribution in [0.5, 0.6) is 0 Å². The summed E-state index contributed by atoms with van der Waals surface area (Å²) in [5, 5.41) is 4.00. The summed E-state index contributed by atoms with van der Waals surface area (Å²) < 4.78 is 5.57. The van der Waals surface area contributed by atoms with Gasteiger partial charge in [0.1, 0.15) is 11.4 Å². The molecule has 0 atom stereocenters. The van der Waals surface area contributed by atoms with Crippen LogP contribution < -0.4 is 10.2 Å². The first-order valence-corrected chi connectivity index (χ1v) is 8.45. The molecule has 0 radical (unpaired) electrons. The maximum atomic E-state index is 12.4. The van der Waals surface area contributed by atoms with Gasteiger partial charge in [-0.1, -0.05) is 19.1 Å². The van der Waals surface area contributed by atoms with Crippen molar-refractivity contribution in [3.8, 4) is 0 Å². The molecule has 25 heavy (non-hydrogen) atoms. The van der Waals surface area contributed by atoms with Gasteiger partial charge < -0.3 is 14.6 Å². The highest BCUT2D eigenvalue weighted by Gasteiger charge is 2.12. The molecule has 5 heteroatoms. The zero-order valence-corrected chi connectivity index (χ0v) is 14.9. The number of nitrogens with one attached hydrogen (secondary N) is 1. The van der Waals surface area contributed by atoms with Crippen molar-refractivity contribution in [2.45, 2.75) is 26.3 Å². The lowest BCUT2D eigenvalue weighted by molar-refractivity contribution is -0.120. The number of carbonyl (C=O) groups is 1. The number of benzene rings is 1. The van der Waals surface area contributed by atoms with E-state index in [-0.39, 0.29) is 5.91 Å². The Hall–Kier alpha value is -2.82. The van der Waals surface area contributed by atoms with Gasteiger partial charge in [-0.25, -0.2) is 4.98 Å². The van der Waals surface area contributed by atoms with E-state index in [0.29, 0.717) is 13.0 Å². The maximum Gasteiger partial charge on any atom is 0.224 e. The van der Waals surface area contributed by atoms with Crippen molar-refractivity contribution in [3.05, 3.63) is 59.5 Å². The Balaban J connectivity index is 1.69. The van der Waals surface area contributed by atoms with Crippen LogP contribution in [-0.2, 0) is 24.2 Å². The molecule has 0 unspecified atom stereocenters. The number of hydrogen-bond acceptors (Lipinski definition) is 4. The van der Waals surface area contributed by atoms with Crippen LogP contribution in [0.15, 0.2) is 47.2 Å². The van der Waals surface area contributed by atoms with E-state index in [9.17, 15) is 4.79 Å². The number of furan rings is 1. The Morgan fingerprint density at radius 1 is 1.24 bits per heavy atom. The van der Waals surface area contributed by atoms with E-state index in [1.54, 1.807) is 12.5 Å². The van der Waals surface area contributed by atoms with Gasteiger partial charge in [0, 0.05) is 43.4 Å². The summed E-state index contributed by atoms with van der Waals surface area (Å²) in [6.07, 6.45) is 4.70. The Kier molecular flexibility index (Phi) is 5.03. The normalized spacial score (nSPS) is 10.8. The summed E-state index contributed by atoms with van der Waals surface area (Å²) in [7, 11) is 3.88. The summed E-state index contributed by atoms with van der Waals surface area (Å²) in [5.74, 6) is 0.835. The number of hydrogen-bond donors (Lipinski definition) is 1. The standard InChI is InChI=1S/C20H23N3O2/c1-4-14-7-8-18-17(10-14)16(13-25-18)11-19(24)22-12-15-6-5-9-21-20(15)23(2)3/h5-10,13H,4,11-12H2,1-3H3,(H,22,24). The number of pyridine rings is 1. The molecule has 1 amide bonds. The third kappa shape index (κ3) is 3.82. The first-order valence-electron chi connectivity index (χ1n) is 8.45. The second-order valence-corrected chi connectivity index (χ2v) is 6.28. The fourth-order valence-electron chi connectivity index (χ4n) is 2.89. The van der Waals surface area contributed by atoms with Crippen molar-refractivity contribution in [2.75, 3.05) is 19.0 Å². The van der Waals surface area contributed by atoms with Gasteiger partial charge >= 0.3 is 0 Å². The fraction of sp³-hybridized carbons (Fsp3) is 0.300. The number of amides is 1. The van der Waals surface area contributed by atoms with Gasteiger partial charge in [-0.3, -0.25) is 4.79 Å². The van der Waals surface area contributed by atoms with E-state index >= 15 is 0 Å². The lowest BCUT2D eigenvalue weighted by atomic mass is 10.1. The van der Waals surface area contributed by atoms with E-state index in [4.69, 9.17) is 4.42 Å². The van der Waals surface area contributed by atoms with Gasteiger partial charge in [0.05, 0.1) is 12.7 Å². The van der Waals surface area contributed by atoms with Gasteiger partial charge in [0.2, 0.25) is 5.91 Å². The SMILES string of the molecule is CCc1ccc2occ(CC(=O)NCc3cccnc3N(C)C)c2c1. The number of carbonyl (C=O) groups excluding carboxylic acids is 1. The van der Waals surface area contributed by atoms with Crippen LogP contribution in [0.3, 0.4) is 0 Å². The molecule has 0 saturated heterocycles. The van der Waals surface area contributed by atoms with Crippen molar-refractivity contribution in [2.24, 2.45) is 0 Å². The minimum atomic E-state index is -0.0295. The van der Waals surface area contributed by atoms with E-state index in [0.717, 1.165) is 34.3 Å². The molecule has 5 nitrogen and oxygen atoms in total. The minimum absolute atomic E-state index is 0.0295. The number of anilines is 1. The van der Waals surface area contributed by atoms with Crippen LogP contribution in [0, 0.1) is 0 Å². The number of aryl methyl sites for hydroxylation is 1. The van der Waals surface area contributed by atoms with E-state index < -0.39 is 0 Å². The summed E-state index contributed by atoms with van der Waals surface area (Å²) in [4.78, 5) is 18.7. The van der Waals surface area contributed by atoms with Crippen LogP contribution >= 0.6 is 0 Å². The molecule has 2 heterocycles. The molecule has 0 saturated carbocycles. The third-order valence-corrected chi connectivity index (χ3v) is 4.24. The van der Waals surface area contributed by atoms with Crippen molar-refractivity contribution >= 4 is 22.7 Å². The van der Waals surface area contributed by atoms with Gasteiger partial charge in [-0.05, 0) is 30.2 Å². The molecule has 0 aliphatic carbocycles. The highest BCUT2D eigenvalue weighted by atomic mass is 16.3. The summed E-state index contributed by atoms with van der Waals surface area (Å²) in [6, 6.07) is 9.98. The monoisotopic (exact) mass is 337 g/mol.